The lowest BCUT2D eigenvalue weighted by atomic mass is 9.84. The van der Waals surface area contributed by atoms with Gasteiger partial charge in [0.05, 0.1) is 5.60 Å². The molecule has 0 aliphatic carbocycles. The van der Waals surface area contributed by atoms with Crippen molar-refractivity contribution >= 4 is 0 Å². The first-order valence-corrected chi connectivity index (χ1v) is 7.09. The molecule has 0 rings (SSSR count). The fourth-order valence-electron chi connectivity index (χ4n) is 2.74. The highest BCUT2D eigenvalue weighted by Gasteiger charge is 2.24. The third-order valence-electron chi connectivity index (χ3n) is 3.19. The highest BCUT2D eigenvalue weighted by Crippen LogP contribution is 2.26. The van der Waals surface area contributed by atoms with Gasteiger partial charge >= 0.3 is 0 Å². The number of rotatable bonds is 9. The molecule has 0 bridgehead atoms. The molecule has 2 atom stereocenters. The number of aliphatic hydroxyl groups is 1. The number of hydrogen-bond acceptors (Lipinski definition) is 1. The van der Waals surface area contributed by atoms with Crippen molar-refractivity contribution < 1.29 is 5.11 Å². The van der Waals surface area contributed by atoms with Crippen molar-refractivity contribution in [2.24, 2.45) is 11.8 Å². The van der Waals surface area contributed by atoms with Gasteiger partial charge in [0.25, 0.3) is 0 Å². The lowest BCUT2D eigenvalue weighted by Crippen LogP contribution is -2.28. The molecule has 1 N–H and O–H groups in total. The van der Waals surface area contributed by atoms with Crippen molar-refractivity contribution in [2.75, 3.05) is 0 Å². The van der Waals surface area contributed by atoms with E-state index in [0.717, 1.165) is 12.8 Å². The maximum Gasteiger partial charge on any atom is 0.0624 e. The van der Waals surface area contributed by atoms with Gasteiger partial charge in [-0.25, -0.2) is 0 Å². The molecule has 0 amide bonds. The highest BCUT2D eigenvalue weighted by molar-refractivity contribution is 4.76. The Kier molecular flexibility index (Phi) is 8.09. The molecule has 0 saturated heterocycles. The molecule has 1 nitrogen and oxygen atoms in total. The van der Waals surface area contributed by atoms with Crippen LogP contribution in [0.5, 0.6) is 0 Å². The molecule has 98 valence electrons. The Hall–Kier alpha value is -0.0400. The average Bonchev–Trinajstić information content (AvgIpc) is 2.09. The van der Waals surface area contributed by atoms with E-state index in [0.29, 0.717) is 11.8 Å². The lowest BCUT2D eigenvalue weighted by molar-refractivity contribution is 0.0151. The third-order valence-corrected chi connectivity index (χ3v) is 3.19. The predicted molar refractivity (Wildman–Crippen MR) is 72.6 cm³/mol. The van der Waals surface area contributed by atoms with Crippen LogP contribution in [0.2, 0.25) is 0 Å². The van der Waals surface area contributed by atoms with Crippen molar-refractivity contribution in [3.05, 3.63) is 0 Å². The average molecular weight is 228 g/mol. The van der Waals surface area contributed by atoms with Crippen LogP contribution >= 0.6 is 0 Å². The van der Waals surface area contributed by atoms with Crippen molar-refractivity contribution in [3.63, 3.8) is 0 Å². The smallest absolute Gasteiger partial charge is 0.0624 e. The van der Waals surface area contributed by atoms with Gasteiger partial charge in [0.15, 0.2) is 0 Å². The van der Waals surface area contributed by atoms with Gasteiger partial charge in [0.1, 0.15) is 0 Å². The normalized spacial score (nSPS) is 17.4. The first-order chi connectivity index (χ1) is 7.37. The zero-order valence-corrected chi connectivity index (χ0v) is 12.1. The SMILES string of the molecule is CCCCCCC(C)CC(C)(O)CC(C)C. The summed E-state index contributed by atoms with van der Waals surface area (Å²) in [7, 11) is 0. The summed E-state index contributed by atoms with van der Waals surface area (Å²) in [5.74, 6) is 1.24. The van der Waals surface area contributed by atoms with Crippen LogP contribution in [0.3, 0.4) is 0 Å². The summed E-state index contributed by atoms with van der Waals surface area (Å²) >= 11 is 0. The maximum atomic E-state index is 10.3. The molecule has 0 aliphatic rings. The standard InChI is InChI=1S/C15H32O/c1-6-7-8-9-10-14(4)12-15(5,16)11-13(2)3/h13-14,16H,6-12H2,1-5H3. The Morgan fingerprint density at radius 1 is 1.00 bits per heavy atom. The minimum Gasteiger partial charge on any atom is -0.390 e. The van der Waals surface area contributed by atoms with Gasteiger partial charge < -0.3 is 5.11 Å². The van der Waals surface area contributed by atoms with E-state index in [2.05, 4.69) is 27.7 Å². The zero-order valence-electron chi connectivity index (χ0n) is 12.1. The van der Waals surface area contributed by atoms with Crippen molar-refractivity contribution in [3.8, 4) is 0 Å². The van der Waals surface area contributed by atoms with E-state index < -0.39 is 5.60 Å². The van der Waals surface area contributed by atoms with Crippen LogP contribution in [0.1, 0.15) is 79.6 Å². The molecule has 1 heteroatoms. The van der Waals surface area contributed by atoms with E-state index in [4.69, 9.17) is 0 Å². The van der Waals surface area contributed by atoms with Crippen LogP contribution in [0.15, 0.2) is 0 Å². The van der Waals surface area contributed by atoms with Crippen molar-refractivity contribution in [1.29, 1.82) is 0 Å². The second-order valence-corrected chi connectivity index (χ2v) is 6.25. The van der Waals surface area contributed by atoms with E-state index in [-0.39, 0.29) is 0 Å². The Balaban J connectivity index is 3.71. The van der Waals surface area contributed by atoms with Gasteiger partial charge in [-0.1, -0.05) is 59.8 Å². The monoisotopic (exact) mass is 228 g/mol. The Labute approximate surface area is 103 Å². The second-order valence-electron chi connectivity index (χ2n) is 6.25. The predicted octanol–water partition coefficient (Wildman–Crippen LogP) is 4.78. The fourth-order valence-corrected chi connectivity index (χ4v) is 2.74. The molecule has 0 radical (unpaired) electrons. The highest BCUT2D eigenvalue weighted by atomic mass is 16.3. The summed E-state index contributed by atoms with van der Waals surface area (Å²) in [6.07, 6.45) is 8.49. The number of hydrogen-bond donors (Lipinski definition) is 1. The molecule has 0 aromatic rings. The molecule has 0 aliphatic heterocycles. The first-order valence-electron chi connectivity index (χ1n) is 7.09. The molecule has 16 heavy (non-hydrogen) atoms. The van der Waals surface area contributed by atoms with Crippen LogP contribution in [0, 0.1) is 11.8 Å². The number of unbranched alkanes of at least 4 members (excludes halogenated alkanes) is 3. The van der Waals surface area contributed by atoms with Gasteiger partial charge in [-0.15, -0.1) is 0 Å². The van der Waals surface area contributed by atoms with E-state index >= 15 is 0 Å². The summed E-state index contributed by atoms with van der Waals surface area (Å²) in [6, 6.07) is 0. The molecule has 0 fully saturated rings. The van der Waals surface area contributed by atoms with Gasteiger partial charge in [0.2, 0.25) is 0 Å². The molecule has 0 saturated carbocycles. The molecular formula is C15H32O. The van der Waals surface area contributed by atoms with Gasteiger partial charge in [-0.3, -0.25) is 0 Å². The quantitative estimate of drug-likeness (QED) is 0.563. The van der Waals surface area contributed by atoms with Crippen LogP contribution in [-0.4, -0.2) is 10.7 Å². The summed E-state index contributed by atoms with van der Waals surface area (Å²) in [5, 5.41) is 10.3. The lowest BCUT2D eigenvalue weighted by Gasteiger charge is -2.28. The molecule has 0 heterocycles. The second kappa shape index (κ2) is 8.11. The summed E-state index contributed by atoms with van der Waals surface area (Å²) in [6.45, 7) is 10.9. The van der Waals surface area contributed by atoms with E-state index in [1.54, 1.807) is 0 Å². The van der Waals surface area contributed by atoms with Crippen molar-refractivity contribution in [2.45, 2.75) is 85.2 Å². The Morgan fingerprint density at radius 2 is 1.62 bits per heavy atom. The van der Waals surface area contributed by atoms with Gasteiger partial charge in [-0.05, 0) is 31.6 Å². The molecule has 0 aromatic heterocycles. The third kappa shape index (κ3) is 9.21. The van der Waals surface area contributed by atoms with Crippen LogP contribution in [0.4, 0.5) is 0 Å². The first kappa shape index (κ1) is 16.0. The van der Waals surface area contributed by atoms with Crippen LogP contribution < -0.4 is 0 Å². The summed E-state index contributed by atoms with van der Waals surface area (Å²) in [4.78, 5) is 0. The molecule has 0 spiro atoms. The van der Waals surface area contributed by atoms with Crippen molar-refractivity contribution in [1.82, 2.24) is 0 Å². The van der Waals surface area contributed by atoms with Crippen LogP contribution in [-0.2, 0) is 0 Å². The minimum absolute atomic E-state index is 0.460. The minimum atomic E-state index is -0.460. The molecule has 0 aromatic carbocycles. The van der Waals surface area contributed by atoms with E-state index in [9.17, 15) is 5.11 Å². The van der Waals surface area contributed by atoms with E-state index in [1.807, 2.05) is 6.92 Å². The zero-order chi connectivity index (χ0) is 12.6. The fraction of sp³-hybridized carbons (Fsp3) is 1.00. The molecule has 2 unspecified atom stereocenters. The summed E-state index contributed by atoms with van der Waals surface area (Å²) < 4.78 is 0. The maximum absolute atomic E-state index is 10.3. The Morgan fingerprint density at radius 3 is 2.12 bits per heavy atom. The van der Waals surface area contributed by atoms with E-state index in [1.165, 1.54) is 32.1 Å². The van der Waals surface area contributed by atoms with Gasteiger partial charge in [-0.2, -0.15) is 0 Å². The Bertz CT molecular complexity index is 161. The largest absolute Gasteiger partial charge is 0.390 e. The van der Waals surface area contributed by atoms with Crippen LogP contribution in [0.25, 0.3) is 0 Å². The summed E-state index contributed by atoms with van der Waals surface area (Å²) in [5.41, 5.74) is -0.460. The topological polar surface area (TPSA) is 20.2 Å². The molecular weight excluding hydrogens is 196 g/mol. The van der Waals surface area contributed by atoms with Gasteiger partial charge in [0, 0.05) is 0 Å².